The molecule has 0 aliphatic carbocycles. The van der Waals surface area contributed by atoms with Crippen LogP contribution in [0.4, 0.5) is 0 Å². The van der Waals surface area contributed by atoms with Crippen LogP contribution in [0.3, 0.4) is 0 Å². The third kappa shape index (κ3) is 3.72. The molecule has 18 heavy (non-hydrogen) atoms. The van der Waals surface area contributed by atoms with Crippen LogP contribution in [-0.4, -0.2) is 6.61 Å². The molecule has 3 heteroatoms. The zero-order valence-corrected chi connectivity index (χ0v) is 11.1. The van der Waals surface area contributed by atoms with E-state index < -0.39 is 0 Å². The first-order valence-electron chi connectivity index (χ1n) is 5.95. The molecule has 0 spiro atoms. The molecule has 1 N–H and O–H groups in total. The van der Waals surface area contributed by atoms with Crippen molar-refractivity contribution in [2.24, 2.45) is 0 Å². The van der Waals surface area contributed by atoms with Gasteiger partial charge in [-0.1, -0.05) is 36.9 Å². The van der Waals surface area contributed by atoms with Gasteiger partial charge in [0, 0.05) is 23.5 Å². The summed E-state index contributed by atoms with van der Waals surface area (Å²) >= 11 is 1.77. The number of hydrogen-bond donors (Lipinski definition) is 1. The van der Waals surface area contributed by atoms with Crippen molar-refractivity contribution in [3.05, 3.63) is 64.9 Å². The minimum absolute atomic E-state index is 0.544. The molecule has 1 aromatic heterocycles. The fraction of sp³-hybridized carbons (Fsp3) is 0.200. The van der Waals surface area contributed by atoms with Crippen LogP contribution >= 0.6 is 11.3 Å². The lowest BCUT2D eigenvalue weighted by Crippen LogP contribution is -2.12. The van der Waals surface area contributed by atoms with Crippen molar-refractivity contribution in [3.63, 3.8) is 0 Å². The van der Waals surface area contributed by atoms with Crippen molar-refractivity contribution in [1.29, 1.82) is 0 Å². The number of ether oxygens (including phenoxy) is 1. The maximum absolute atomic E-state index is 5.62. The van der Waals surface area contributed by atoms with Crippen molar-refractivity contribution < 1.29 is 4.74 Å². The van der Waals surface area contributed by atoms with Crippen LogP contribution in [0.15, 0.2) is 54.4 Å². The average molecular weight is 259 g/mol. The smallest absolute Gasteiger partial charge is 0.124 e. The van der Waals surface area contributed by atoms with E-state index in [1.54, 1.807) is 17.4 Å². The summed E-state index contributed by atoms with van der Waals surface area (Å²) in [6, 6.07) is 12.3. The van der Waals surface area contributed by atoms with Crippen molar-refractivity contribution in [2.75, 3.05) is 6.61 Å². The van der Waals surface area contributed by atoms with Gasteiger partial charge >= 0.3 is 0 Å². The number of hydrogen-bond acceptors (Lipinski definition) is 3. The SMILES string of the molecule is C=CCOc1ccccc1CNCc1cccs1. The standard InChI is InChI=1S/C15H17NOS/c1-2-9-17-15-8-4-3-6-13(15)11-16-12-14-7-5-10-18-14/h2-8,10,16H,1,9,11-12H2. The Morgan fingerprint density at radius 2 is 2.06 bits per heavy atom. The highest BCUT2D eigenvalue weighted by atomic mass is 32.1. The first-order valence-corrected chi connectivity index (χ1v) is 6.83. The molecular weight excluding hydrogens is 242 g/mol. The minimum atomic E-state index is 0.544. The predicted molar refractivity (Wildman–Crippen MR) is 77.0 cm³/mol. The highest BCUT2D eigenvalue weighted by Crippen LogP contribution is 2.18. The maximum Gasteiger partial charge on any atom is 0.124 e. The summed E-state index contributed by atoms with van der Waals surface area (Å²) in [6.07, 6.45) is 1.76. The zero-order valence-electron chi connectivity index (χ0n) is 10.3. The quantitative estimate of drug-likeness (QED) is 0.767. The van der Waals surface area contributed by atoms with Gasteiger partial charge in [0.05, 0.1) is 0 Å². The van der Waals surface area contributed by atoms with E-state index in [1.807, 2.05) is 18.2 Å². The van der Waals surface area contributed by atoms with Gasteiger partial charge < -0.3 is 10.1 Å². The van der Waals surface area contributed by atoms with Crippen molar-refractivity contribution in [2.45, 2.75) is 13.1 Å². The molecule has 1 aromatic carbocycles. The summed E-state index contributed by atoms with van der Waals surface area (Å²) in [5.41, 5.74) is 1.18. The molecular formula is C15H17NOS. The molecule has 0 saturated heterocycles. The monoisotopic (exact) mass is 259 g/mol. The summed E-state index contributed by atoms with van der Waals surface area (Å²) < 4.78 is 5.62. The molecule has 2 rings (SSSR count). The molecule has 0 fully saturated rings. The molecule has 0 unspecified atom stereocenters. The summed E-state index contributed by atoms with van der Waals surface area (Å²) in [5.74, 6) is 0.927. The highest BCUT2D eigenvalue weighted by Gasteiger charge is 2.02. The van der Waals surface area contributed by atoms with Crippen molar-refractivity contribution >= 4 is 11.3 Å². The Morgan fingerprint density at radius 3 is 2.83 bits per heavy atom. The number of benzene rings is 1. The van der Waals surface area contributed by atoms with Crippen molar-refractivity contribution in [1.82, 2.24) is 5.32 Å². The van der Waals surface area contributed by atoms with Gasteiger partial charge in [0.15, 0.2) is 0 Å². The largest absolute Gasteiger partial charge is 0.489 e. The third-order valence-electron chi connectivity index (χ3n) is 2.52. The Labute approximate surface area is 112 Å². The van der Waals surface area contributed by atoms with Crippen LogP contribution in [0, 0.1) is 0 Å². The fourth-order valence-corrected chi connectivity index (χ4v) is 2.35. The third-order valence-corrected chi connectivity index (χ3v) is 3.40. The van der Waals surface area contributed by atoms with E-state index in [4.69, 9.17) is 4.74 Å². The molecule has 1 heterocycles. The minimum Gasteiger partial charge on any atom is -0.489 e. The Bertz CT molecular complexity index is 479. The predicted octanol–water partition coefficient (Wildman–Crippen LogP) is 3.60. The van der Waals surface area contributed by atoms with E-state index in [-0.39, 0.29) is 0 Å². The molecule has 0 radical (unpaired) electrons. The molecule has 94 valence electrons. The Morgan fingerprint density at radius 1 is 1.17 bits per heavy atom. The molecule has 0 aliphatic heterocycles. The fourth-order valence-electron chi connectivity index (χ4n) is 1.67. The second-order valence-electron chi connectivity index (χ2n) is 3.89. The molecule has 0 aliphatic rings. The van der Waals surface area contributed by atoms with Gasteiger partial charge in [0.1, 0.15) is 12.4 Å². The summed E-state index contributed by atoms with van der Waals surface area (Å²) in [7, 11) is 0. The summed E-state index contributed by atoms with van der Waals surface area (Å²) in [6.45, 7) is 5.91. The molecule has 2 nitrogen and oxygen atoms in total. The number of para-hydroxylation sites is 1. The average Bonchev–Trinajstić information content (AvgIpc) is 2.91. The van der Waals surface area contributed by atoms with Crippen LogP contribution in [0.2, 0.25) is 0 Å². The first kappa shape index (κ1) is 12.9. The van der Waals surface area contributed by atoms with E-state index in [9.17, 15) is 0 Å². The van der Waals surface area contributed by atoms with Crippen LogP contribution in [-0.2, 0) is 13.1 Å². The molecule has 2 aromatic rings. The lowest BCUT2D eigenvalue weighted by molar-refractivity contribution is 0.358. The van der Waals surface area contributed by atoms with Gasteiger partial charge in [-0.05, 0) is 17.5 Å². The second kappa shape index (κ2) is 6.99. The molecule has 0 saturated carbocycles. The topological polar surface area (TPSA) is 21.3 Å². The lowest BCUT2D eigenvalue weighted by Gasteiger charge is -2.10. The zero-order chi connectivity index (χ0) is 12.6. The Balaban J connectivity index is 1.89. The maximum atomic E-state index is 5.62. The van der Waals surface area contributed by atoms with Gasteiger partial charge in [-0.2, -0.15) is 0 Å². The van der Waals surface area contributed by atoms with Crippen LogP contribution < -0.4 is 10.1 Å². The van der Waals surface area contributed by atoms with Crippen LogP contribution in [0.5, 0.6) is 5.75 Å². The van der Waals surface area contributed by atoms with E-state index in [2.05, 4.69) is 35.5 Å². The summed E-state index contributed by atoms with van der Waals surface area (Å²) in [4.78, 5) is 1.35. The lowest BCUT2D eigenvalue weighted by atomic mass is 10.2. The van der Waals surface area contributed by atoms with Crippen molar-refractivity contribution in [3.8, 4) is 5.75 Å². The van der Waals surface area contributed by atoms with Gasteiger partial charge in [-0.3, -0.25) is 0 Å². The van der Waals surface area contributed by atoms with Gasteiger partial charge in [-0.15, -0.1) is 11.3 Å². The van der Waals surface area contributed by atoms with E-state index >= 15 is 0 Å². The second-order valence-corrected chi connectivity index (χ2v) is 4.92. The van der Waals surface area contributed by atoms with Gasteiger partial charge in [0.25, 0.3) is 0 Å². The number of rotatable bonds is 7. The van der Waals surface area contributed by atoms with E-state index in [0.29, 0.717) is 6.61 Å². The number of nitrogens with one attached hydrogen (secondary N) is 1. The van der Waals surface area contributed by atoms with E-state index in [1.165, 1.54) is 10.4 Å². The molecule has 0 atom stereocenters. The van der Waals surface area contributed by atoms with Gasteiger partial charge in [-0.25, -0.2) is 0 Å². The Kier molecular flexibility index (Phi) is 5.00. The normalized spacial score (nSPS) is 10.2. The number of thiophene rings is 1. The van der Waals surface area contributed by atoms with E-state index in [0.717, 1.165) is 18.8 Å². The van der Waals surface area contributed by atoms with Crippen LogP contribution in [0.25, 0.3) is 0 Å². The molecule has 0 bridgehead atoms. The van der Waals surface area contributed by atoms with Crippen LogP contribution in [0.1, 0.15) is 10.4 Å². The summed E-state index contributed by atoms with van der Waals surface area (Å²) in [5, 5.41) is 5.52. The highest BCUT2D eigenvalue weighted by molar-refractivity contribution is 7.09. The van der Waals surface area contributed by atoms with Gasteiger partial charge in [0.2, 0.25) is 0 Å². The first-order chi connectivity index (χ1) is 8.90. The Hall–Kier alpha value is -1.58. The molecule has 0 amide bonds.